The molecule has 1 N–H and O–H groups in total. The van der Waals surface area contributed by atoms with Gasteiger partial charge in [0.1, 0.15) is 28.8 Å². The second-order valence-electron chi connectivity index (χ2n) is 8.90. The number of anilines is 1. The monoisotopic (exact) mass is 532 g/mol. The number of aromatic nitrogens is 5. The lowest BCUT2D eigenvalue weighted by Crippen LogP contribution is -2.39. The molecule has 5 rings (SSSR count). The van der Waals surface area contributed by atoms with E-state index in [9.17, 15) is 26.3 Å². The van der Waals surface area contributed by atoms with Crippen LogP contribution in [0.25, 0.3) is 5.65 Å². The third kappa shape index (κ3) is 5.08. The first-order valence-corrected chi connectivity index (χ1v) is 11.5. The summed E-state index contributed by atoms with van der Waals surface area (Å²) in [6.07, 6.45) is -5.37. The van der Waals surface area contributed by atoms with Crippen LogP contribution in [0, 0.1) is 0 Å². The molecule has 0 bridgehead atoms. The highest BCUT2D eigenvalue weighted by molar-refractivity contribution is 5.57. The lowest BCUT2D eigenvalue weighted by molar-refractivity contribution is -0.143. The van der Waals surface area contributed by atoms with Gasteiger partial charge in [0.15, 0.2) is 5.65 Å². The molecule has 15 heteroatoms. The van der Waals surface area contributed by atoms with Gasteiger partial charge in [0.25, 0.3) is 0 Å². The number of rotatable bonds is 6. The molecule has 1 saturated heterocycles. The molecule has 2 aliphatic rings. The molecule has 0 unspecified atom stereocenters. The number of hydrogen-bond acceptors (Lipinski definition) is 8. The van der Waals surface area contributed by atoms with E-state index in [1.807, 2.05) is 0 Å². The van der Waals surface area contributed by atoms with E-state index in [1.165, 1.54) is 16.7 Å². The van der Waals surface area contributed by atoms with Gasteiger partial charge in [0, 0.05) is 24.4 Å². The molecule has 37 heavy (non-hydrogen) atoms. The Hall–Kier alpha value is -3.36. The maximum Gasteiger partial charge on any atom is 0.423 e. The summed E-state index contributed by atoms with van der Waals surface area (Å²) in [7, 11) is 1.15. The molecular weight excluding hydrogens is 510 g/mol. The summed E-state index contributed by atoms with van der Waals surface area (Å²) in [6.45, 7) is 0.338. The van der Waals surface area contributed by atoms with Gasteiger partial charge in [-0.1, -0.05) is 6.42 Å². The van der Waals surface area contributed by atoms with Gasteiger partial charge in [0.05, 0.1) is 20.3 Å². The van der Waals surface area contributed by atoms with Crippen molar-refractivity contribution in [1.82, 2.24) is 24.6 Å². The number of nitrogens with zero attached hydrogens (tertiary/aromatic N) is 5. The lowest BCUT2D eigenvalue weighted by atomic mass is 9.85. The second-order valence-corrected chi connectivity index (χ2v) is 8.90. The number of halogens is 6. The normalized spacial score (nSPS) is 21.1. The van der Waals surface area contributed by atoms with Gasteiger partial charge < -0.3 is 19.5 Å². The molecule has 0 spiro atoms. The number of ether oxygens (including phenoxy) is 3. The zero-order chi connectivity index (χ0) is 26.4. The minimum atomic E-state index is -4.69. The Morgan fingerprint density at radius 2 is 1.86 bits per heavy atom. The number of pyridine rings is 1. The van der Waals surface area contributed by atoms with Crippen molar-refractivity contribution >= 4 is 11.6 Å². The third-order valence-electron chi connectivity index (χ3n) is 6.39. The van der Waals surface area contributed by atoms with Crippen molar-refractivity contribution < 1.29 is 40.6 Å². The first-order valence-electron chi connectivity index (χ1n) is 11.5. The molecule has 0 amide bonds. The number of methoxy groups -OCH3 is 1. The Morgan fingerprint density at radius 1 is 1.08 bits per heavy atom. The summed E-state index contributed by atoms with van der Waals surface area (Å²) < 4.78 is 97.7. The van der Waals surface area contributed by atoms with Gasteiger partial charge in [-0.25, -0.2) is 4.98 Å². The van der Waals surface area contributed by atoms with Gasteiger partial charge in [0.2, 0.25) is 11.8 Å². The fraction of sp³-hybridized carbons (Fsp3) is 0.545. The smallest absolute Gasteiger partial charge is 0.423 e. The highest BCUT2D eigenvalue weighted by Crippen LogP contribution is 2.41. The van der Waals surface area contributed by atoms with Crippen LogP contribution in [0.4, 0.5) is 32.3 Å². The van der Waals surface area contributed by atoms with Gasteiger partial charge in [-0.2, -0.15) is 31.3 Å². The van der Waals surface area contributed by atoms with E-state index in [0.717, 1.165) is 7.11 Å². The van der Waals surface area contributed by atoms with E-state index in [4.69, 9.17) is 14.2 Å². The molecule has 3 aromatic heterocycles. The summed E-state index contributed by atoms with van der Waals surface area (Å²) in [5.41, 5.74) is -2.45. The zero-order valence-corrected chi connectivity index (χ0v) is 19.4. The lowest BCUT2D eigenvalue weighted by Gasteiger charge is -2.30. The van der Waals surface area contributed by atoms with Gasteiger partial charge >= 0.3 is 12.4 Å². The molecule has 1 aliphatic carbocycles. The Morgan fingerprint density at radius 3 is 2.51 bits per heavy atom. The average molecular weight is 532 g/mol. The molecule has 3 aromatic rings. The molecule has 1 saturated carbocycles. The van der Waals surface area contributed by atoms with Crippen molar-refractivity contribution in [2.45, 2.75) is 56.1 Å². The molecular formula is C22H22F6N6O3. The Balaban J connectivity index is 1.37. The van der Waals surface area contributed by atoms with Crippen LogP contribution in [0.1, 0.15) is 48.6 Å². The fourth-order valence-electron chi connectivity index (χ4n) is 4.57. The minimum Gasteiger partial charge on any atom is -0.496 e. The van der Waals surface area contributed by atoms with E-state index in [0.29, 0.717) is 37.7 Å². The van der Waals surface area contributed by atoms with Crippen molar-refractivity contribution in [2.24, 2.45) is 0 Å². The zero-order valence-electron chi connectivity index (χ0n) is 19.4. The van der Waals surface area contributed by atoms with Crippen molar-refractivity contribution in [2.75, 3.05) is 25.6 Å². The topological polar surface area (TPSA) is 95.7 Å². The van der Waals surface area contributed by atoms with Gasteiger partial charge in [-0.3, -0.25) is 4.40 Å². The van der Waals surface area contributed by atoms with Crippen molar-refractivity contribution in [3.63, 3.8) is 0 Å². The predicted molar refractivity (Wildman–Crippen MR) is 115 cm³/mol. The summed E-state index contributed by atoms with van der Waals surface area (Å²) in [5.74, 6) is -0.870. The standard InChI is InChI=1S/C22H22F6N6O3/c1-35-15-5-6-34-17(32-33-18(34)16(15)22(26,27)28)11-3-2-4-12(7-11)30-20-29-8-14(21(23,24)25)19(31-20)37-13-9-36-10-13/h5-6,8,11-13H,2-4,7,9-10H2,1H3,(H,29,30,31)/t11-,12+/m0/s1. The number of hydrogen-bond donors (Lipinski definition) is 1. The molecule has 2 atom stereocenters. The van der Waals surface area contributed by atoms with Gasteiger partial charge in [-0.15, -0.1) is 10.2 Å². The Kier molecular flexibility index (Phi) is 6.50. The van der Waals surface area contributed by atoms with E-state index in [-0.39, 0.29) is 42.5 Å². The van der Waals surface area contributed by atoms with Crippen molar-refractivity contribution in [3.8, 4) is 11.6 Å². The summed E-state index contributed by atoms with van der Waals surface area (Å²) >= 11 is 0. The average Bonchev–Trinajstić information content (AvgIpc) is 3.23. The third-order valence-corrected chi connectivity index (χ3v) is 6.39. The quantitative estimate of drug-likeness (QED) is 0.465. The molecule has 0 radical (unpaired) electrons. The molecule has 9 nitrogen and oxygen atoms in total. The van der Waals surface area contributed by atoms with Crippen LogP contribution < -0.4 is 14.8 Å². The van der Waals surface area contributed by atoms with Crippen LogP contribution in [-0.4, -0.2) is 57.0 Å². The van der Waals surface area contributed by atoms with Crippen molar-refractivity contribution in [1.29, 1.82) is 0 Å². The van der Waals surface area contributed by atoms with Crippen LogP contribution in [0.5, 0.6) is 11.6 Å². The first kappa shape index (κ1) is 25.3. The van der Waals surface area contributed by atoms with E-state index in [1.54, 1.807) is 0 Å². The number of nitrogens with one attached hydrogen (secondary N) is 1. The van der Waals surface area contributed by atoms with Crippen LogP contribution in [-0.2, 0) is 17.1 Å². The van der Waals surface area contributed by atoms with E-state index < -0.39 is 35.5 Å². The molecule has 1 aliphatic heterocycles. The number of fused-ring (bicyclic) bond motifs is 1. The summed E-state index contributed by atoms with van der Waals surface area (Å²) in [5, 5.41) is 10.9. The summed E-state index contributed by atoms with van der Waals surface area (Å²) in [6, 6.07) is 0.953. The maximum atomic E-state index is 13.7. The first-order chi connectivity index (χ1) is 17.5. The Bertz CT molecular complexity index is 1280. The largest absolute Gasteiger partial charge is 0.496 e. The molecule has 4 heterocycles. The number of alkyl halides is 6. The Labute approximate surface area is 206 Å². The van der Waals surface area contributed by atoms with E-state index in [2.05, 4.69) is 25.5 Å². The second kappa shape index (κ2) is 9.50. The molecule has 2 fully saturated rings. The SMILES string of the molecule is COc1ccn2c([C@H]3CCC[C@@H](Nc4ncc(C(F)(F)F)c(OC5COC5)n4)C3)nnc2c1C(F)(F)F. The predicted octanol–water partition coefficient (Wildman–Crippen LogP) is 4.48. The fourth-order valence-corrected chi connectivity index (χ4v) is 4.57. The van der Waals surface area contributed by atoms with Crippen LogP contribution in [0.15, 0.2) is 18.5 Å². The van der Waals surface area contributed by atoms with Crippen molar-refractivity contribution in [3.05, 3.63) is 35.4 Å². The van der Waals surface area contributed by atoms with Crippen LogP contribution in [0.3, 0.4) is 0 Å². The highest BCUT2D eigenvalue weighted by Gasteiger charge is 2.40. The maximum absolute atomic E-state index is 13.7. The highest BCUT2D eigenvalue weighted by atomic mass is 19.4. The van der Waals surface area contributed by atoms with E-state index >= 15 is 0 Å². The molecule has 0 aromatic carbocycles. The van der Waals surface area contributed by atoms with Crippen LogP contribution >= 0.6 is 0 Å². The van der Waals surface area contributed by atoms with Gasteiger partial charge in [-0.05, 0) is 25.3 Å². The molecule has 200 valence electrons. The minimum absolute atomic E-state index is 0.0379. The van der Waals surface area contributed by atoms with Crippen LogP contribution in [0.2, 0.25) is 0 Å². The summed E-state index contributed by atoms with van der Waals surface area (Å²) in [4.78, 5) is 7.78.